The molecule has 2 aromatic carbocycles. The number of Topliss-reactive ketones (excluding diaryl/α,β-unsaturated/α-hetero) is 1. The first-order chi connectivity index (χ1) is 12.6. The molecule has 6 heteroatoms. The summed E-state index contributed by atoms with van der Waals surface area (Å²) in [7, 11) is 6.15. The van der Waals surface area contributed by atoms with Gasteiger partial charge in [0.15, 0.2) is 17.3 Å². The summed E-state index contributed by atoms with van der Waals surface area (Å²) in [6.07, 6.45) is 0.966. The first kappa shape index (κ1) is 19.5. The molecule has 0 amide bonds. The van der Waals surface area contributed by atoms with E-state index in [0.717, 1.165) is 11.1 Å². The lowest BCUT2D eigenvalue weighted by molar-refractivity contribution is -0.127. The zero-order valence-corrected chi connectivity index (χ0v) is 15.4. The SMILES string of the molecule is COc1cc(C=NCC(=O)C(OC)c2ccccc2)cc(OC)c1OC. The third-order valence-electron chi connectivity index (χ3n) is 3.80. The Kier molecular flexibility index (Phi) is 7.17. The number of methoxy groups -OCH3 is 4. The standard InChI is InChI=1S/C20H23NO5/c1-23-17-10-14(11-18(24-2)20(17)26-4)12-21-13-16(22)19(25-3)15-8-6-5-7-9-15/h5-12,19H,13H2,1-4H3. The molecular formula is C20H23NO5. The van der Waals surface area contributed by atoms with Crippen molar-refractivity contribution in [1.29, 1.82) is 0 Å². The Hall–Kier alpha value is -2.86. The second-order valence-electron chi connectivity index (χ2n) is 5.42. The topological polar surface area (TPSA) is 66.4 Å². The Morgan fingerprint density at radius 1 is 1.00 bits per heavy atom. The van der Waals surface area contributed by atoms with E-state index in [2.05, 4.69) is 4.99 Å². The number of carbonyl (C=O) groups excluding carboxylic acids is 1. The van der Waals surface area contributed by atoms with E-state index in [0.29, 0.717) is 17.2 Å². The van der Waals surface area contributed by atoms with Gasteiger partial charge in [0.25, 0.3) is 0 Å². The van der Waals surface area contributed by atoms with Crippen LogP contribution < -0.4 is 14.2 Å². The van der Waals surface area contributed by atoms with Gasteiger partial charge in [-0.1, -0.05) is 30.3 Å². The summed E-state index contributed by atoms with van der Waals surface area (Å²) in [6, 6.07) is 12.9. The molecule has 0 N–H and O–H groups in total. The highest BCUT2D eigenvalue weighted by Gasteiger charge is 2.19. The van der Waals surface area contributed by atoms with E-state index in [9.17, 15) is 4.79 Å². The van der Waals surface area contributed by atoms with Crippen LogP contribution in [0.5, 0.6) is 17.2 Å². The van der Waals surface area contributed by atoms with Crippen LogP contribution in [0.25, 0.3) is 0 Å². The number of nitrogens with zero attached hydrogens (tertiary/aromatic N) is 1. The van der Waals surface area contributed by atoms with Crippen LogP contribution in [0, 0.1) is 0 Å². The highest BCUT2D eigenvalue weighted by molar-refractivity contribution is 5.89. The van der Waals surface area contributed by atoms with Crippen molar-refractivity contribution in [2.75, 3.05) is 35.0 Å². The van der Waals surface area contributed by atoms with E-state index in [1.807, 2.05) is 30.3 Å². The van der Waals surface area contributed by atoms with Gasteiger partial charge in [-0.25, -0.2) is 0 Å². The van der Waals surface area contributed by atoms with E-state index < -0.39 is 6.10 Å². The lowest BCUT2D eigenvalue weighted by Gasteiger charge is -2.13. The summed E-state index contributed by atoms with van der Waals surface area (Å²) >= 11 is 0. The van der Waals surface area contributed by atoms with E-state index >= 15 is 0 Å². The quantitative estimate of drug-likeness (QED) is 0.645. The van der Waals surface area contributed by atoms with E-state index in [4.69, 9.17) is 18.9 Å². The van der Waals surface area contributed by atoms with Crippen LogP contribution in [0.3, 0.4) is 0 Å². The molecule has 0 fully saturated rings. The van der Waals surface area contributed by atoms with Gasteiger partial charge in [0.2, 0.25) is 5.75 Å². The Morgan fingerprint density at radius 3 is 2.12 bits per heavy atom. The highest BCUT2D eigenvalue weighted by Crippen LogP contribution is 2.37. The van der Waals surface area contributed by atoms with Crippen LogP contribution >= 0.6 is 0 Å². The highest BCUT2D eigenvalue weighted by atomic mass is 16.5. The number of hydrogen-bond donors (Lipinski definition) is 0. The zero-order valence-electron chi connectivity index (χ0n) is 15.4. The number of ether oxygens (including phenoxy) is 4. The molecule has 1 atom stereocenters. The molecule has 0 bridgehead atoms. The van der Waals surface area contributed by atoms with Crippen molar-refractivity contribution in [3.8, 4) is 17.2 Å². The third kappa shape index (κ3) is 4.61. The molecule has 0 saturated carbocycles. The molecule has 0 aromatic heterocycles. The van der Waals surface area contributed by atoms with Crippen molar-refractivity contribution in [3.63, 3.8) is 0 Å². The van der Waals surface area contributed by atoms with Crippen molar-refractivity contribution >= 4 is 12.0 Å². The number of hydrogen-bond acceptors (Lipinski definition) is 6. The largest absolute Gasteiger partial charge is 0.493 e. The number of ketones is 1. The summed E-state index contributed by atoms with van der Waals surface area (Å²) in [5.74, 6) is 1.44. The van der Waals surface area contributed by atoms with Gasteiger partial charge in [-0.2, -0.15) is 0 Å². The van der Waals surface area contributed by atoms with Crippen molar-refractivity contribution in [2.24, 2.45) is 4.99 Å². The maximum Gasteiger partial charge on any atom is 0.203 e. The van der Waals surface area contributed by atoms with Crippen molar-refractivity contribution < 1.29 is 23.7 Å². The monoisotopic (exact) mass is 357 g/mol. The summed E-state index contributed by atoms with van der Waals surface area (Å²) in [4.78, 5) is 16.6. The predicted octanol–water partition coefficient (Wildman–Crippen LogP) is 3.09. The minimum absolute atomic E-state index is 0.00403. The lowest BCUT2D eigenvalue weighted by atomic mass is 10.1. The van der Waals surface area contributed by atoms with Crippen LogP contribution in [0.15, 0.2) is 47.5 Å². The molecule has 0 aliphatic heterocycles. The fourth-order valence-corrected chi connectivity index (χ4v) is 2.58. The minimum atomic E-state index is -0.631. The Balaban J connectivity index is 2.13. The van der Waals surface area contributed by atoms with Gasteiger partial charge in [-0.3, -0.25) is 9.79 Å². The van der Waals surface area contributed by atoms with Gasteiger partial charge < -0.3 is 18.9 Å². The number of aliphatic imine (C=N–C) groups is 1. The Labute approximate surface area is 153 Å². The molecule has 2 aromatic rings. The first-order valence-electron chi connectivity index (χ1n) is 8.04. The fraction of sp³-hybridized carbons (Fsp3) is 0.300. The number of carbonyl (C=O) groups is 1. The van der Waals surface area contributed by atoms with Gasteiger partial charge in [-0.05, 0) is 23.3 Å². The second-order valence-corrected chi connectivity index (χ2v) is 5.42. The molecule has 0 heterocycles. The zero-order chi connectivity index (χ0) is 18.9. The van der Waals surface area contributed by atoms with Gasteiger partial charge in [0.05, 0.1) is 21.3 Å². The molecule has 6 nitrogen and oxygen atoms in total. The van der Waals surface area contributed by atoms with Crippen molar-refractivity contribution in [3.05, 3.63) is 53.6 Å². The third-order valence-corrected chi connectivity index (χ3v) is 3.80. The molecule has 1 unspecified atom stereocenters. The summed E-state index contributed by atoms with van der Waals surface area (Å²) in [6.45, 7) is 0.00403. The average molecular weight is 357 g/mol. The second kappa shape index (κ2) is 9.58. The molecule has 138 valence electrons. The van der Waals surface area contributed by atoms with Gasteiger partial charge in [-0.15, -0.1) is 0 Å². The maximum atomic E-state index is 12.4. The molecule has 0 saturated heterocycles. The van der Waals surface area contributed by atoms with Crippen LogP contribution in [0.1, 0.15) is 17.2 Å². The van der Waals surface area contributed by atoms with Crippen LogP contribution in [0.4, 0.5) is 0 Å². The minimum Gasteiger partial charge on any atom is -0.493 e. The Morgan fingerprint density at radius 2 is 1.62 bits per heavy atom. The van der Waals surface area contributed by atoms with E-state index in [1.54, 1.807) is 39.7 Å². The van der Waals surface area contributed by atoms with Gasteiger partial charge in [0.1, 0.15) is 12.6 Å². The van der Waals surface area contributed by atoms with Gasteiger partial charge >= 0.3 is 0 Å². The molecule has 0 aliphatic carbocycles. The molecule has 0 spiro atoms. The first-order valence-corrected chi connectivity index (χ1v) is 8.04. The smallest absolute Gasteiger partial charge is 0.203 e. The molecule has 0 radical (unpaired) electrons. The average Bonchev–Trinajstić information content (AvgIpc) is 2.68. The molecule has 26 heavy (non-hydrogen) atoms. The lowest BCUT2D eigenvalue weighted by Crippen LogP contribution is -2.17. The normalized spacial score (nSPS) is 12.0. The van der Waals surface area contributed by atoms with Crippen molar-refractivity contribution in [2.45, 2.75) is 6.10 Å². The summed E-state index contributed by atoms with van der Waals surface area (Å²) in [5.41, 5.74) is 1.55. The molecule has 2 rings (SSSR count). The van der Waals surface area contributed by atoms with Crippen molar-refractivity contribution in [1.82, 2.24) is 0 Å². The molecule has 0 aliphatic rings. The van der Waals surface area contributed by atoms with E-state index in [1.165, 1.54) is 7.11 Å². The van der Waals surface area contributed by atoms with Crippen LogP contribution in [-0.4, -0.2) is 47.0 Å². The van der Waals surface area contributed by atoms with Crippen LogP contribution in [0.2, 0.25) is 0 Å². The molecular weight excluding hydrogens is 334 g/mol. The number of rotatable bonds is 9. The van der Waals surface area contributed by atoms with Gasteiger partial charge in [0, 0.05) is 13.3 Å². The number of benzene rings is 2. The maximum absolute atomic E-state index is 12.4. The van der Waals surface area contributed by atoms with E-state index in [-0.39, 0.29) is 12.3 Å². The summed E-state index contributed by atoms with van der Waals surface area (Å²) < 4.78 is 21.2. The Bertz CT molecular complexity index is 733. The summed E-state index contributed by atoms with van der Waals surface area (Å²) in [5, 5.41) is 0. The predicted molar refractivity (Wildman–Crippen MR) is 99.8 cm³/mol. The van der Waals surface area contributed by atoms with Crippen LogP contribution in [-0.2, 0) is 9.53 Å². The fourth-order valence-electron chi connectivity index (χ4n) is 2.58.